The lowest BCUT2D eigenvalue weighted by Crippen LogP contribution is -2.35. The zero-order chi connectivity index (χ0) is 22.1. The van der Waals surface area contributed by atoms with Crippen molar-refractivity contribution < 1.29 is 14.3 Å². The summed E-state index contributed by atoms with van der Waals surface area (Å²) in [6, 6.07) is 15.6. The van der Waals surface area contributed by atoms with Crippen molar-refractivity contribution in [3.05, 3.63) is 75.7 Å². The van der Waals surface area contributed by atoms with Crippen molar-refractivity contribution >= 4 is 23.1 Å². The van der Waals surface area contributed by atoms with Crippen molar-refractivity contribution in [2.45, 2.75) is 33.4 Å². The van der Waals surface area contributed by atoms with Crippen LogP contribution in [0.3, 0.4) is 0 Å². The molecule has 0 unspecified atom stereocenters. The molecule has 1 N–H and O–H groups in total. The monoisotopic (exact) mass is 439 g/mol. The van der Waals surface area contributed by atoms with Gasteiger partial charge in [-0.1, -0.05) is 29.8 Å². The van der Waals surface area contributed by atoms with Crippen LogP contribution in [0, 0.1) is 13.8 Å². The molecule has 6 nitrogen and oxygen atoms in total. The molecule has 0 atom stereocenters. The van der Waals surface area contributed by atoms with E-state index < -0.39 is 0 Å². The fraction of sp³-hybridized carbons (Fsp3) is 0.333. The smallest absolute Gasteiger partial charge is 0.322 e. The SMILES string of the molecule is COCCCN(Cc1csc(COc2cccc(C)c2)n1)C(=O)Nc1ccc(C)cc1. The molecule has 2 aromatic carbocycles. The number of amides is 2. The van der Waals surface area contributed by atoms with Crippen molar-refractivity contribution in [2.75, 3.05) is 25.6 Å². The van der Waals surface area contributed by atoms with E-state index in [0.717, 1.165) is 39.7 Å². The Kier molecular flexibility index (Phi) is 8.44. The van der Waals surface area contributed by atoms with Crippen LogP contribution < -0.4 is 10.1 Å². The van der Waals surface area contributed by atoms with Crippen LogP contribution in [-0.4, -0.2) is 36.2 Å². The number of nitrogens with zero attached hydrogens (tertiary/aromatic N) is 2. The molecule has 0 bridgehead atoms. The number of methoxy groups -OCH3 is 1. The molecule has 0 radical (unpaired) electrons. The topological polar surface area (TPSA) is 63.7 Å². The largest absolute Gasteiger partial charge is 0.486 e. The Hall–Kier alpha value is -2.90. The van der Waals surface area contributed by atoms with Gasteiger partial charge in [-0.2, -0.15) is 0 Å². The Labute approximate surface area is 187 Å². The first-order valence-corrected chi connectivity index (χ1v) is 11.2. The second-order valence-corrected chi connectivity index (χ2v) is 8.34. The zero-order valence-electron chi connectivity index (χ0n) is 18.3. The third kappa shape index (κ3) is 7.38. The van der Waals surface area contributed by atoms with Crippen LogP contribution in [0.2, 0.25) is 0 Å². The lowest BCUT2D eigenvalue weighted by Gasteiger charge is -2.22. The van der Waals surface area contributed by atoms with Gasteiger partial charge in [0.1, 0.15) is 17.4 Å². The van der Waals surface area contributed by atoms with E-state index >= 15 is 0 Å². The van der Waals surface area contributed by atoms with Gasteiger partial charge >= 0.3 is 6.03 Å². The summed E-state index contributed by atoms with van der Waals surface area (Å²) < 4.78 is 11.0. The summed E-state index contributed by atoms with van der Waals surface area (Å²) in [5.41, 5.74) is 3.93. The lowest BCUT2D eigenvalue weighted by molar-refractivity contribution is 0.171. The number of nitrogens with one attached hydrogen (secondary N) is 1. The van der Waals surface area contributed by atoms with Crippen LogP contribution in [0.5, 0.6) is 5.75 Å². The molecule has 0 spiro atoms. The summed E-state index contributed by atoms with van der Waals surface area (Å²) in [6.07, 6.45) is 0.755. The van der Waals surface area contributed by atoms with Crippen molar-refractivity contribution in [3.8, 4) is 5.75 Å². The molecule has 31 heavy (non-hydrogen) atoms. The van der Waals surface area contributed by atoms with Gasteiger partial charge in [-0.25, -0.2) is 9.78 Å². The fourth-order valence-electron chi connectivity index (χ4n) is 3.03. The number of thiazole rings is 1. The molecule has 164 valence electrons. The van der Waals surface area contributed by atoms with E-state index in [1.54, 1.807) is 23.3 Å². The average molecular weight is 440 g/mol. The minimum atomic E-state index is -0.148. The van der Waals surface area contributed by atoms with Crippen molar-refractivity contribution in [1.29, 1.82) is 0 Å². The summed E-state index contributed by atoms with van der Waals surface area (Å²) in [5, 5.41) is 5.84. The molecular weight excluding hydrogens is 410 g/mol. The highest BCUT2D eigenvalue weighted by Crippen LogP contribution is 2.18. The Balaban J connectivity index is 1.60. The Morgan fingerprint density at radius 1 is 1.13 bits per heavy atom. The summed E-state index contributed by atoms with van der Waals surface area (Å²) in [6.45, 7) is 6.08. The molecule has 0 aliphatic carbocycles. The molecule has 0 saturated carbocycles. The first-order chi connectivity index (χ1) is 15.0. The van der Waals surface area contributed by atoms with Crippen LogP contribution in [0.4, 0.5) is 10.5 Å². The van der Waals surface area contributed by atoms with E-state index in [-0.39, 0.29) is 6.03 Å². The molecule has 7 heteroatoms. The number of carbonyl (C=O) groups excluding carboxylic acids is 1. The van der Waals surface area contributed by atoms with Gasteiger partial charge in [0.05, 0.1) is 12.2 Å². The lowest BCUT2D eigenvalue weighted by atomic mass is 10.2. The Morgan fingerprint density at radius 3 is 2.68 bits per heavy atom. The van der Waals surface area contributed by atoms with Gasteiger partial charge in [0.2, 0.25) is 0 Å². The number of hydrogen-bond acceptors (Lipinski definition) is 5. The van der Waals surface area contributed by atoms with Gasteiger partial charge in [-0.3, -0.25) is 0 Å². The number of aromatic nitrogens is 1. The van der Waals surface area contributed by atoms with E-state index in [1.165, 1.54) is 0 Å². The third-order valence-corrected chi connectivity index (χ3v) is 5.54. The number of urea groups is 1. The minimum Gasteiger partial charge on any atom is -0.486 e. The standard InChI is InChI=1S/C24H29N3O3S/c1-18-8-10-20(11-9-18)26-24(28)27(12-5-13-29-3)15-21-17-31-23(25-21)16-30-22-7-4-6-19(2)14-22/h4,6-11,14,17H,5,12-13,15-16H2,1-3H3,(H,26,28). The number of anilines is 1. The number of rotatable bonds is 10. The van der Waals surface area contributed by atoms with E-state index in [2.05, 4.69) is 10.3 Å². The molecule has 3 rings (SSSR count). The first kappa shape index (κ1) is 22.8. The second kappa shape index (κ2) is 11.5. The maximum atomic E-state index is 12.9. The van der Waals surface area contributed by atoms with Crippen LogP contribution in [0.25, 0.3) is 0 Å². The molecule has 1 aromatic heterocycles. The molecule has 0 saturated heterocycles. The molecule has 0 aliphatic heterocycles. The summed E-state index contributed by atoms with van der Waals surface area (Å²) >= 11 is 1.54. The number of benzene rings is 2. The fourth-order valence-corrected chi connectivity index (χ4v) is 3.72. The minimum absolute atomic E-state index is 0.148. The number of hydrogen-bond donors (Lipinski definition) is 1. The van der Waals surface area contributed by atoms with Gasteiger partial charge in [0.25, 0.3) is 0 Å². The van der Waals surface area contributed by atoms with Crippen molar-refractivity contribution in [1.82, 2.24) is 9.88 Å². The molecule has 2 amide bonds. The first-order valence-electron chi connectivity index (χ1n) is 10.3. The molecular formula is C24H29N3O3S. The number of aryl methyl sites for hydroxylation is 2. The van der Waals surface area contributed by atoms with E-state index in [0.29, 0.717) is 26.3 Å². The van der Waals surface area contributed by atoms with Gasteiger partial charge in [0.15, 0.2) is 0 Å². The highest BCUT2D eigenvalue weighted by molar-refractivity contribution is 7.09. The van der Waals surface area contributed by atoms with Crippen LogP contribution in [-0.2, 0) is 17.9 Å². The zero-order valence-corrected chi connectivity index (χ0v) is 19.1. The molecule has 0 aliphatic rings. The van der Waals surface area contributed by atoms with E-state index in [1.807, 2.05) is 67.8 Å². The van der Waals surface area contributed by atoms with E-state index in [4.69, 9.17) is 9.47 Å². The predicted molar refractivity (Wildman–Crippen MR) is 125 cm³/mol. The van der Waals surface area contributed by atoms with Gasteiger partial charge in [0, 0.05) is 31.3 Å². The van der Waals surface area contributed by atoms with Gasteiger partial charge in [-0.05, 0) is 50.1 Å². The van der Waals surface area contributed by atoms with Crippen LogP contribution in [0.1, 0.15) is 28.2 Å². The second-order valence-electron chi connectivity index (χ2n) is 7.40. The Morgan fingerprint density at radius 2 is 1.94 bits per heavy atom. The summed E-state index contributed by atoms with van der Waals surface area (Å²) in [7, 11) is 1.66. The number of carbonyl (C=O) groups is 1. The number of ether oxygens (including phenoxy) is 2. The van der Waals surface area contributed by atoms with E-state index in [9.17, 15) is 4.79 Å². The molecule has 3 aromatic rings. The quantitative estimate of drug-likeness (QED) is 0.429. The normalized spacial score (nSPS) is 10.7. The maximum Gasteiger partial charge on any atom is 0.322 e. The van der Waals surface area contributed by atoms with Crippen LogP contribution in [0.15, 0.2) is 53.9 Å². The van der Waals surface area contributed by atoms with Crippen LogP contribution >= 0.6 is 11.3 Å². The molecule has 0 fully saturated rings. The van der Waals surface area contributed by atoms with Gasteiger partial charge < -0.3 is 19.7 Å². The highest BCUT2D eigenvalue weighted by atomic mass is 32.1. The predicted octanol–water partition coefficient (Wildman–Crippen LogP) is 5.41. The Bertz CT molecular complexity index is 972. The van der Waals surface area contributed by atoms with Gasteiger partial charge in [-0.15, -0.1) is 11.3 Å². The third-order valence-electron chi connectivity index (χ3n) is 4.67. The van der Waals surface area contributed by atoms with Crippen molar-refractivity contribution in [3.63, 3.8) is 0 Å². The summed E-state index contributed by atoms with van der Waals surface area (Å²) in [4.78, 5) is 19.3. The average Bonchev–Trinajstić information content (AvgIpc) is 3.21. The maximum absolute atomic E-state index is 12.9. The highest BCUT2D eigenvalue weighted by Gasteiger charge is 2.16. The summed E-state index contributed by atoms with van der Waals surface area (Å²) in [5.74, 6) is 0.829. The molecule has 1 heterocycles. The van der Waals surface area contributed by atoms with Crippen molar-refractivity contribution in [2.24, 2.45) is 0 Å².